The fourth-order valence-electron chi connectivity index (χ4n) is 1.43. The van der Waals surface area contributed by atoms with Crippen molar-refractivity contribution < 1.29 is 4.79 Å². The van der Waals surface area contributed by atoms with E-state index < -0.39 is 0 Å². The minimum atomic E-state index is -0.251. The Morgan fingerprint density at radius 2 is 2.06 bits per heavy atom. The molecule has 0 radical (unpaired) electrons. The number of aromatic nitrogens is 1. The van der Waals surface area contributed by atoms with E-state index in [0.717, 1.165) is 10.0 Å². The molecule has 2 rings (SSSR count). The van der Waals surface area contributed by atoms with Crippen LogP contribution < -0.4 is 10.6 Å². The van der Waals surface area contributed by atoms with Crippen LogP contribution in [0.1, 0.15) is 5.56 Å². The first-order valence-electron chi connectivity index (χ1n) is 5.44. The second kappa shape index (κ2) is 6.16. The lowest BCUT2D eigenvalue weighted by Crippen LogP contribution is -2.28. The summed E-state index contributed by atoms with van der Waals surface area (Å²) >= 11 is 3.43. The molecule has 1 aromatic heterocycles. The highest BCUT2D eigenvalue weighted by molar-refractivity contribution is 9.10. The Morgan fingerprint density at radius 3 is 2.78 bits per heavy atom. The molecule has 0 bridgehead atoms. The Hall–Kier alpha value is -1.88. The molecule has 0 unspecified atom stereocenters. The van der Waals surface area contributed by atoms with E-state index in [4.69, 9.17) is 0 Å². The van der Waals surface area contributed by atoms with Crippen molar-refractivity contribution >= 4 is 27.6 Å². The zero-order valence-electron chi connectivity index (χ0n) is 9.56. The molecule has 1 heterocycles. The van der Waals surface area contributed by atoms with Crippen molar-refractivity contribution in [1.29, 1.82) is 0 Å². The van der Waals surface area contributed by atoms with Gasteiger partial charge in [0.2, 0.25) is 0 Å². The number of hydrogen-bond acceptors (Lipinski definition) is 2. The average Bonchev–Trinajstić information content (AvgIpc) is 2.39. The lowest BCUT2D eigenvalue weighted by atomic mass is 10.2. The van der Waals surface area contributed by atoms with Crippen LogP contribution in [-0.4, -0.2) is 11.0 Å². The highest BCUT2D eigenvalue weighted by atomic mass is 79.9. The molecular weight excluding hydrogens is 294 g/mol. The summed E-state index contributed by atoms with van der Waals surface area (Å²) in [6, 6.07) is 11.1. The van der Waals surface area contributed by atoms with Gasteiger partial charge in [0.05, 0.1) is 11.9 Å². The average molecular weight is 306 g/mol. The van der Waals surface area contributed by atoms with Crippen LogP contribution in [0.4, 0.5) is 10.5 Å². The normalized spacial score (nSPS) is 9.83. The number of carbonyl (C=O) groups excluding carboxylic acids is 1. The highest BCUT2D eigenvalue weighted by Gasteiger charge is 2.03. The van der Waals surface area contributed by atoms with Gasteiger partial charge in [-0.05, 0) is 23.8 Å². The molecule has 0 saturated heterocycles. The number of amides is 2. The standard InChI is InChI=1S/C13H12BrN3O/c14-12-6-2-1-4-10(12)8-16-13(18)17-11-5-3-7-15-9-11/h1-7,9H,8H2,(H2,16,17,18). The summed E-state index contributed by atoms with van der Waals surface area (Å²) in [6.07, 6.45) is 3.25. The zero-order valence-corrected chi connectivity index (χ0v) is 11.1. The summed E-state index contributed by atoms with van der Waals surface area (Å²) in [5.74, 6) is 0. The number of anilines is 1. The molecule has 5 heteroatoms. The van der Waals surface area contributed by atoms with Crippen molar-refractivity contribution in [2.24, 2.45) is 0 Å². The number of rotatable bonds is 3. The molecular formula is C13H12BrN3O. The van der Waals surface area contributed by atoms with Crippen LogP contribution in [0.25, 0.3) is 0 Å². The van der Waals surface area contributed by atoms with Crippen LogP contribution in [0, 0.1) is 0 Å². The van der Waals surface area contributed by atoms with Gasteiger partial charge in [-0.3, -0.25) is 4.98 Å². The van der Waals surface area contributed by atoms with Crippen molar-refractivity contribution in [2.75, 3.05) is 5.32 Å². The number of hydrogen-bond donors (Lipinski definition) is 2. The summed E-state index contributed by atoms with van der Waals surface area (Å²) in [5.41, 5.74) is 1.70. The highest BCUT2D eigenvalue weighted by Crippen LogP contribution is 2.15. The van der Waals surface area contributed by atoms with Crippen LogP contribution in [0.5, 0.6) is 0 Å². The van der Waals surface area contributed by atoms with E-state index in [1.54, 1.807) is 24.5 Å². The molecule has 0 aliphatic heterocycles. The van der Waals surface area contributed by atoms with Gasteiger partial charge in [0.1, 0.15) is 0 Å². The number of benzene rings is 1. The molecule has 2 amide bonds. The van der Waals surface area contributed by atoms with Gasteiger partial charge in [0.25, 0.3) is 0 Å². The molecule has 0 aliphatic carbocycles. The van der Waals surface area contributed by atoms with E-state index >= 15 is 0 Å². The minimum absolute atomic E-state index is 0.251. The number of pyridine rings is 1. The molecule has 4 nitrogen and oxygen atoms in total. The SMILES string of the molecule is O=C(NCc1ccccc1Br)Nc1cccnc1. The molecule has 18 heavy (non-hydrogen) atoms. The van der Waals surface area contributed by atoms with Gasteiger partial charge < -0.3 is 10.6 Å². The molecule has 0 aliphatic rings. The topological polar surface area (TPSA) is 54.0 Å². The largest absolute Gasteiger partial charge is 0.334 e. The minimum Gasteiger partial charge on any atom is -0.334 e. The first-order valence-corrected chi connectivity index (χ1v) is 6.23. The van der Waals surface area contributed by atoms with Crippen LogP contribution in [0.3, 0.4) is 0 Å². The van der Waals surface area contributed by atoms with E-state index in [-0.39, 0.29) is 6.03 Å². The Kier molecular flexibility index (Phi) is 4.30. The van der Waals surface area contributed by atoms with Gasteiger partial charge >= 0.3 is 6.03 Å². The fraction of sp³-hybridized carbons (Fsp3) is 0.0769. The monoisotopic (exact) mass is 305 g/mol. The third-order valence-corrected chi connectivity index (χ3v) is 3.09. The molecule has 0 spiro atoms. The van der Waals surface area contributed by atoms with Crippen LogP contribution >= 0.6 is 15.9 Å². The molecule has 0 atom stereocenters. The molecule has 0 saturated carbocycles. The predicted molar refractivity (Wildman–Crippen MR) is 74.2 cm³/mol. The second-order valence-electron chi connectivity index (χ2n) is 3.64. The summed E-state index contributed by atoms with van der Waals surface area (Å²) in [5, 5.41) is 5.48. The van der Waals surface area contributed by atoms with Gasteiger partial charge in [-0.15, -0.1) is 0 Å². The Morgan fingerprint density at radius 1 is 1.22 bits per heavy atom. The van der Waals surface area contributed by atoms with Crippen molar-refractivity contribution in [2.45, 2.75) is 6.54 Å². The summed E-state index contributed by atoms with van der Waals surface area (Å²) in [4.78, 5) is 15.6. The number of nitrogens with one attached hydrogen (secondary N) is 2. The third kappa shape index (κ3) is 3.56. The van der Waals surface area contributed by atoms with E-state index in [1.807, 2.05) is 24.3 Å². The number of nitrogens with zero attached hydrogens (tertiary/aromatic N) is 1. The quantitative estimate of drug-likeness (QED) is 0.915. The zero-order chi connectivity index (χ0) is 12.8. The molecule has 92 valence electrons. The Labute approximate surface area is 114 Å². The van der Waals surface area contributed by atoms with E-state index in [1.165, 1.54) is 0 Å². The summed E-state index contributed by atoms with van der Waals surface area (Å²) in [6.45, 7) is 0.466. The van der Waals surface area contributed by atoms with Gasteiger partial charge in [0, 0.05) is 17.2 Å². The lowest BCUT2D eigenvalue weighted by Gasteiger charge is -2.08. The lowest BCUT2D eigenvalue weighted by molar-refractivity contribution is 0.251. The maximum Gasteiger partial charge on any atom is 0.319 e. The molecule has 2 N–H and O–H groups in total. The number of halogens is 1. The number of carbonyl (C=O) groups is 1. The first-order chi connectivity index (χ1) is 8.75. The van der Waals surface area contributed by atoms with Crippen LogP contribution in [0.2, 0.25) is 0 Å². The van der Waals surface area contributed by atoms with Crippen LogP contribution in [0.15, 0.2) is 53.3 Å². The van der Waals surface area contributed by atoms with Crippen molar-refractivity contribution in [1.82, 2.24) is 10.3 Å². The third-order valence-electron chi connectivity index (χ3n) is 2.32. The van der Waals surface area contributed by atoms with Crippen molar-refractivity contribution in [3.05, 3.63) is 58.8 Å². The predicted octanol–water partition coefficient (Wildman–Crippen LogP) is 3.17. The van der Waals surface area contributed by atoms with E-state index in [2.05, 4.69) is 31.5 Å². The maximum absolute atomic E-state index is 11.6. The van der Waals surface area contributed by atoms with Crippen LogP contribution in [-0.2, 0) is 6.54 Å². The summed E-state index contributed by atoms with van der Waals surface area (Å²) < 4.78 is 0.978. The number of urea groups is 1. The second-order valence-corrected chi connectivity index (χ2v) is 4.50. The maximum atomic E-state index is 11.6. The molecule has 1 aromatic carbocycles. The summed E-state index contributed by atoms with van der Waals surface area (Å²) in [7, 11) is 0. The van der Waals surface area contributed by atoms with E-state index in [0.29, 0.717) is 12.2 Å². The molecule has 0 fully saturated rings. The van der Waals surface area contributed by atoms with Gasteiger partial charge in [0.15, 0.2) is 0 Å². The Bertz CT molecular complexity index is 531. The van der Waals surface area contributed by atoms with E-state index in [9.17, 15) is 4.79 Å². The van der Waals surface area contributed by atoms with Crippen molar-refractivity contribution in [3.63, 3.8) is 0 Å². The Balaban J connectivity index is 1.88. The van der Waals surface area contributed by atoms with Gasteiger partial charge in [-0.25, -0.2) is 4.79 Å². The molecule has 2 aromatic rings. The van der Waals surface area contributed by atoms with Crippen molar-refractivity contribution in [3.8, 4) is 0 Å². The van der Waals surface area contributed by atoms with Gasteiger partial charge in [-0.1, -0.05) is 34.1 Å². The van der Waals surface area contributed by atoms with Gasteiger partial charge in [-0.2, -0.15) is 0 Å². The first kappa shape index (κ1) is 12.6. The fourth-order valence-corrected chi connectivity index (χ4v) is 1.85. The smallest absolute Gasteiger partial charge is 0.319 e.